The summed E-state index contributed by atoms with van der Waals surface area (Å²) in [5.74, 6) is 1.74. The number of aromatic amines is 1. The van der Waals surface area contributed by atoms with Crippen molar-refractivity contribution in [2.75, 3.05) is 16.9 Å². The molecule has 5 heteroatoms. The molecule has 0 aliphatic carbocycles. The van der Waals surface area contributed by atoms with Crippen LogP contribution in [0.3, 0.4) is 0 Å². The predicted octanol–water partition coefficient (Wildman–Crippen LogP) is 4.58. The number of hydrogen-bond donors (Lipinski definition) is 2. The first-order valence-corrected chi connectivity index (χ1v) is 8.80. The van der Waals surface area contributed by atoms with Gasteiger partial charge in [0.05, 0.1) is 24.6 Å². The summed E-state index contributed by atoms with van der Waals surface area (Å²) in [6.07, 6.45) is 1.83. The molecule has 0 saturated heterocycles. The van der Waals surface area contributed by atoms with Crippen LogP contribution >= 0.6 is 0 Å². The van der Waals surface area contributed by atoms with Crippen LogP contribution in [0.2, 0.25) is 0 Å². The minimum absolute atomic E-state index is 0.220. The normalized spacial score (nSPS) is 14.3. The largest absolute Gasteiger partial charge is 0.353 e. The molecular formula is C21H19N5. The lowest BCUT2D eigenvalue weighted by Crippen LogP contribution is -2.26. The average molecular weight is 341 g/mol. The molecule has 4 aromatic rings. The topological polar surface area (TPSA) is 56.8 Å². The van der Waals surface area contributed by atoms with E-state index < -0.39 is 0 Å². The molecule has 2 aromatic carbocycles. The molecule has 1 atom stereocenters. The van der Waals surface area contributed by atoms with Crippen LogP contribution in [0, 0.1) is 0 Å². The lowest BCUT2D eigenvalue weighted by Gasteiger charge is -2.25. The monoisotopic (exact) mass is 341 g/mol. The predicted molar refractivity (Wildman–Crippen MR) is 105 cm³/mol. The second kappa shape index (κ2) is 5.88. The molecule has 5 rings (SSSR count). The van der Waals surface area contributed by atoms with Gasteiger partial charge in [0.15, 0.2) is 11.6 Å². The lowest BCUT2D eigenvalue weighted by molar-refractivity contribution is 0.704. The molecule has 1 aliphatic rings. The fraction of sp³-hybridized carbons (Fsp3) is 0.143. The van der Waals surface area contributed by atoms with Crippen LogP contribution in [-0.2, 0) is 0 Å². The highest BCUT2D eigenvalue weighted by Crippen LogP contribution is 2.35. The van der Waals surface area contributed by atoms with Crippen molar-refractivity contribution < 1.29 is 0 Å². The summed E-state index contributed by atoms with van der Waals surface area (Å²) in [5.41, 5.74) is 4.21. The molecule has 2 aromatic heterocycles. The number of para-hydroxylation sites is 1. The zero-order valence-corrected chi connectivity index (χ0v) is 14.5. The fourth-order valence-corrected chi connectivity index (χ4v) is 3.51. The van der Waals surface area contributed by atoms with Crippen molar-refractivity contribution >= 4 is 22.5 Å². The third kappa shape index (κ3) is 2.40. The van der Waals surface area contributed by atoms with E-state index in [2.05, 4.69) is 69.6 Å². The highest BCUT2D eigenvalue weighted by atomic mass is 15.4. The second-order valence-corrected chi connectivity index (χ2v) is 6.59. The number of hydrogen-bond acceptors (Lipinski definition) is 4. The van der Waals surface area contributed by atoms with Gasteiger partial charge in [-0.2, -0.15) is 0 Å². The summed E-state index contributed by atoms with van der Waals surface area (Å²) in [4.78, 5) is 15.2. The number of rotatable bonds is 3. The summed E-state index contributed by atoms with van der Waals surface area (Å²) in [7, 11) is 0. The third-order valence-electron chi connectivity index (χ3n) is 5.00. The second-order valence-electron chi connectivity index (χ2n) is 6.59. The Labute approximate surface area is 151 Å². The first-order chi connectivity index (χ1) is 12.8. The smallest absolute Gasteiger partial charge is 0.174 e. The zero-order valence-electron chi connectivity index (χ0n) is 14.5. The standard InChI is InChI=1S/C21H19N5/c1-14(15-7-3-2-4-8-15)26-13-23-20-21(26)25-19(12-22-20)18-11-16-9-5-6-10-17(16)24-18/h2-12,14,24H,13H2,1H3,(H,22,23)/t14-/m0/s1. The average Bonchev–Trinajstić information content (AvgIpc) is 3.31. The highest BCUT2D eigenvalue weighted by molar-refractivity contribution is 5.85. The minimum Gasteiger partial charge on any atom is -0.353 e. The summed E-state index contributed by atoms with van der Waals surface area (Å²) in [6, 6.07) is 21.1. The zero-order chi connectivity index (χ0) is 17.5. The van der Waals surface area contributed by atoms with Crippen LogP contribution in [0.25, 0.3) is 22.3 Å². The van der Waals surface area contributed by atoms with Gasteiger partial charge in [0.1, 0.15) is 5.69 Å². The summed E-state index contributed by atoms with van der Waals surface area (Å²) in [6.45, 7) is 2.91. The van der Waals surface area contributed by atoms with Gasteiger partial charge in [0, 0.05) is 10.9 Å². The number of fused-ring (bicyclic) bond motifs is 2. The molecule has 0 radical (unpaired) electrons. The van der Waals surface area contributed by atoms with E-state index in [1.807, 2.05) is 24.4 Å². The number of aromatic nitrogens is 3. The first-order valence-electron chi connectivity index (χ1n) is 8.80. The van der Waals surface area contributed by atoms with Gasteiger partial charge >= 0.3 is 0 Å². The van der Waals surface area contributed by atoms with E-state index in [9.17, 15) is 0 Å². The Kier molecular flexibility index (Phi) is 3.38. The Morgan fingerprint density at radius 2 is 1.85 bits per heavy atom. The van der Waals surface area contributed by atoms with E-state index in [1.165, 1.54) is 10.9 Å². The molecule has 5 nitrogen and oxygen atoms in total. The molecule has 0 bridgehead atoms. The third-order valence-corrected chi connectivity index (χ3v) is 5.00. The van der Waals surface area contributed by atoms with E-state index in [4.69, 9.17) is 4.98 Å². The Balaban J connectivity index is 1.54. The quantitative estimate of drug-likeness (QED) is 0.573. The van der Waals surface area contributed by atoms with Gasteiger partial charge in [-0.1, -0.05) is 48.5 Å². The van der Waals surface area contributed by atoms with Crippen molar-refractivity contribution in [3.63, 3.8) is 0 Å². The number of nitrogens with one attached hydrogen (secondary N) is 2. The van der Waals surface area contributed by atoms with Crippen LogP contribution in [0.5, 0.6) is 0 Å². The van der Waals surface area contributed by atoms with Gasteiger partial charge in [0.25, 0.3) is 0 Å². The van der Waals surface area contributed by atoms with E-state index in [0.717, 1.165) is 28.5 Å². The van der Waals surface area contributed by atoms with Gasteiger partial charge in [0.2, 0.25) is 0 Å². The minimum atomic E-state index is 0.220. The van der Waals surface area contributed by atoms with Crippen LogP contribution in [0.15, 0.2) is 66.9 Å². The van der Waals surface area contributed by atoms with Crippen LogP contribution in [-0.4, -0.2) is 21.6 Å². The van der Waals surface area contributed by atoms with Crippen molar-refractivity contribution in [3.05, 3.63) is 72.4 Å². The molecular weight excluding hydrogens is 322 g/mol. The van der Waals surface area contributed by atoms with E-state index in [0.29, 0.717) is 6.67 Å². The molecule has 0 fully saturated rings. The van der Waals surface area contributed by atoms with Crippen molar-refractivity contribution in [1.82, 2.24) is 15.0 Å². The molecule has 0 saturated carbocycles. The van der Waals surface area contributed by atoms with Crippen molar-refractivity contribution in [1.29, 1.82) is 0 Å². The maximum Gasteiger partial charge on any atom is 0.174 e. The lowest BCUT2D eigenvalue weighted by atomic mass is 10.1. The maximum atomic E-state index is 4.92. The van der Waals surface area contributed by atoms with Gasteiger partial charge < -0.3 is 15.2 Å². The molecule has 3 heterocycles. The molecule has 0 amide bonds. The Morgan fingerprint density at radius 3 is 2.69 bits per heavy atom. The number of benzene rings is 2. The van der Waals surface area contributed by atoms with Crippen LogP contribution < -0.4 is 10.2 Å². The van der Waals surface area contributed by atoms with Crippen LogP contribution in [0.1, 0.15) is 18.5 Å². The molecule has 26 heavy (non-hydrogen) atoms. The molecule has 0 spiro atoms. The Bertz CT molecular complexity index is 1040. The van der Waals surface area contributed by atoms with Gasteiger partial charge in [-0.3, -0.25) is 0 Å². The fourth-order valence-electron chi connectivity index (χ4n) is 3.51. The molecule has 2 N–H and O–H groups in total. The number of anilines is 2. The van der Waals surface area contributed by atoms with Gasteiger partial charge in [-0.15, -0.1) is 0 Å². The van der Waals surface area contributed by atoms with E-state index >= 15 is 0 Å². The number of H-pyrrole nitrogens is 1. The summed E-state index contributed by atoms with van der Waals surface area (Å²) in [5, 5.41) is 4.53. The Hall–Kier alpha value is -3.34. The van der Waals surface area contributed by atoms with Crippen molar-refractivity contribution in [2.24, 2.45) is 0 Å². The first kappa shape index (κ1) is 15.0. The SMILES string of the molecule is C[C@@H](c1ccccc1)N1CNc2ncc(-c3cc4ccccc4[nH]3)nc21. The molecule has 1 aliphatic heterocycles. The molecule has 0 unspecified atom stereocenters. The Morgan fingerprint density at radius 1 is 1.04 bits per heavy atom. The highest BCUT2D eigenvalue weighted by Gasteiger charge is 2.27. The maximum absolute atomic E-state index is 4.92. The van der Waals surface area contributed by atoms with Gasteiger partial charge in [-0.25, -0.2) is 9.97 Å². The van der Waals surface area contributed by atoms with Crippen LogP contribution in [0.4, 0.5) is 11.6 Å². The summed E-state index contributed by atoms with van der Waals surface area (Å²) >= 11 is 0. The van der Waals surface area contributed by atoms with Crippen molar-refractivity contribution in [2.45, 2.75) is 13.0 Å². The van der Waals surface area contributed by atoms with Gasteiger partial charge in [-0.05, 0) is 24.6 Å². The van der Waals surface area contributed by atoms with E-state index in [1.54, 1.807) is 0 Å². The molecule has 128 valence electrons. The van der Waals surface area contributed by atoms with E-state index in [-0.39, 0.29) is 6.04 Å². The van der Waals surface area contributed by atoms with Crippen molar-refractivity contribution in [3.8, 4) is 11.4 Å². The number of nitrogens with zero attached hydrogens (tertiary/aromatic N) is 3. The summed E-state index contributed by atoms with van der Waals surface area (Å²) < 4.78 is 0.